The summed E-state index contributed by atoms with van der Waals surface area (Å²) in [5, 5.41) is 5.94. The summed E-state index contributed by atoms with van der Waals surface area (Å²) in [6, 6.07) is 1.24. The molecule has 2 rings (SSSR count). The number of aromatic nitrogens is 2. The van der Waals surface area contributed by atoms with E-state index in [-0.39, 0.29) is 6.54 Å². The lowest BCUT2D eigenvalue weighted by molar-refractivity contribution is -0.163. The van der Waals surface area contributed by atoms with Crippen LogP contribution in [0.1, 0.15) is 22.7 Å². The first-order valence-electron chi connectivity index (χ1n) is 6.53. The number of rotatable bonds is 4. The summed E-state index contributed by atoms with van der Waals surface area (Å²) in [6.07, 6.45) is -6.91. The lowest BCUT2D eigenvalue weighted by Gasteiger charge is -2.25. The van der Waals surface area contributed by atoms with E-state index in [0.717, 1.165) is 18.2 Å². The van der Waals surface area contributed by atoms with Crippen LogP contribution in [-0.2, 0) is 19.8 Å². The van der Waals surface area contributed by atoms with E-state index in [1.807, 2.05) is 0 Å². The molecule has 1 aromatic heterocycles. The van der Waals surface area contributed by atoms with Crippen molar-refractivity contribution >= 4 is 0 Å². The van der Waals surface area contributed by atoms with Crippen LogP contribution in [0.4, 0.5) is 26.3 Å². The number of aryl methyl sites for hydroxylation is 1. The fourth-order valence-electron chi connectivity index (χ4n) is 2.19. The molecule has 3 nitrogen and oxygen atoms in total. The predicted molar refractivity (Wildman–Crippen MR) is 70.3 cm³/mol. The second kappa shape index (κ2) is 6.23. The molecule has 0 spiro atoms. The van der Waals surface area contributed by atoms with Gasteiger partial charge in [0.05, 0.1) is 11.8 Å². The van der Waals surface area contributed by atoms with Crippen molar-refractivity contribution in [3.63, 3.8) is 0 Å². The van der Waals surface area contributed by atoms with Gasteiger partial charge in [-0.25, -0.2) is 0 Å². The number of halogens is 6. The SMILES string of the molecule is Cn1cc(CN[C@@H](c2ccccc2C(F)(F)F)C(F)(F)F)cn1. The monoisotopic (exact) mass is 337 g/mol. The molecule has 9 heteroatoms. The van der Waals surface area contributed by atoms with Crippen molar-refractivity contribution in [1.82, 2.24) is 15.1 Å². The third kappa shape index (κ3) is 4.25. The van der Waals surface area contributed by atoms with Crippen molar-refractivity contribution in [3.05, 3.63) is 53.3 Å². The molecule has 0 aliphatic rings. The molecule has 1 atom stereocenters. The van der Waals surface area contributed by atoms with E-state index in [1.165, 1.54) is 17.1 Å². The van der Waals surface area contributed by atoms with Crippen molar-refractivity contribution in [2.24, 2.45) is 7.05 Å². The van der Waals surface area contributed by atoms with Crippen LogP contribution >= 0.6 is 0 Å². The van der Waals surface area contributed by atoms with Gasteiger partial charge in [-0.2, -0.15) is 31.4 Å². The molecule has 0 bridgehead atoms. The van der Waals surface area contributed by atoms with E-state index in [4.69, 9.17) is 0 Å². The Labute approximate surface area is 127 Å². The lowest BCUT2D eigenvalue weighted by atomic mass is 9.99. The van der Waals surface area contributed by atoms with Crippen LogP contribution in [0.5, 0.6) is 0 Å². The minimum atomic E-state index is -4.87. The first-order valence-corrected chi connectivity index (χ1v) is 6.53. The van der Waals surface area contributed by atoms with Crippen LogP contribution in [-0.4, -0.2) is 16.0 Å². The Morgan fingerprint density at radius 3 is 2.30 bits per heavy atom. The Bertz CT molecular complexity index is 659. The van der Waals surface area contributed by atoms with Gasteiger partial charge in [0.15, 0.2) is 0 Å². The van der Waals surface area contributed by atoms with Gasteiger partial charge in [0, 0.05) is 25.4 Å². The zero-order chi connectivity index (χ0) is 17.3. The lowest BCUT2D eigenvalue weighted by Crippen LogP contribution is -2.35. The second-order valence-corrected chi connectivity index (χ2v) is 4.96. The highest BCUT2D eigenvalue weighted by molar-refractivity contribution is 5.33. The number of hydrogen-bond donors (Lipinski definition) is 1. The largest absolute Gasteiger partial charge is 0.416 e. The van der Waals surface area contributed by atoms with Gasteiger partial charge in [-0.3, -0.25) is 10.00 Å². The van der Waals surface area contributed by atoms with E-state index < -0.39 is 29.5 Å². The fourth-order valence-corrected chi connectivity index (χ4v) is 2.19. The summed E-state index contributed by atoms with van der Waals surface area (Å²) >= 11 is 0. The number of benzene rings is 1. The molecule has 23 heavy (non-hydrogen) atoms. The Morgan fingerprint density at radius 2 is 1.78 bits per heavy atom. The number of nitrogens with one attached hydrogen (secondary N) is 1. The average Bonchev–Trinajstić information content (AvgIpc) is 2.82. The molecule has 0 aliphatic carbocycles. The van der Waals surface area contributed by atoms with Crippen molar-refractivity contribution in [2.45, 2.75) is 24.9 Å². The summed E-state index contributed by atoms with van der Waals surface area (Å²) in [5.74, 6) is 0. The van der Waals surface area contributed by atoms with E-state index in [9.17, 15) is 26.3 Å². The van der Waals surface area contributed by atoms with Crippen LogP contribution < -0.4 is 5.32 Å². The first kappa shape index (κ1) is 17.3. The highest BCUT2D eigenvalue weighted by Gasteiger charge is 2.45. The first-order chi connectivity index (χ1) is 10.6. The molecule has 0 radical (unpaired) electrons. The molecule has 1 heterocycles. The Kier molecular flexibility index (Phi) is 4.69. The summed E-state index contributed by atoms with van der Waals surface area (Å²) in [5.41, 5.74) is -1.72. The maximum atomic E-state index is 13.2. The minimum absolute atomic E-state index is 0.260. The molecular weight excluding hydrogens is 324 g/mol. The van der Waals surface area contributed by atoms with Gasteiger partial charge in [0.1, 0.15) is 6.04 Å². The van der Waals surface area contributed by atoms with Gasteiger partial charge in [0.25, 0.3) is 0 Å². The van der Waals surface area contributed by atoms with Crippen LogP contribution in [0, 0.1) is 0 Å². The number of alkyl halides is 6. The summed E-state index contributed by atoms with van der Waals surface area (Å²) in [6.45, 7) is -0.260. The van der Waals surface area contributed by atoms with E-state index in [2.05, 4.69) is 10.4 Å². The zero-order valence-corrected chi connectivity index (χ0v) is 11.9. The molecule has 2 aromatic rings. The normalized spacial score (nSPS) is 14.0. The van der Waals surface area contributed by atoms with Crippen molar-refractivity contribution in [1.29, 1.82) is 0 Å². The molecule has 126 valence electrons. The van der Waals surface area contributed by atoms with E-state index in [0.29, 0.717) is 11.6 Å². The Hall–Kier alpha value is -2.03. The molecule has 1 N–H and O–H groups in total. The number of nitrogens with zero attached hydrogens (tertiary/aromatic N) is 2. The van der Waals surface area contributed by atoms with E-state index in [1.54, 1.807) is 7.05 Å². The quantitative estimate of drug-likeness (QED) is 0.860. The molecular formula is C14H13F6N3. The molecule has 0 saturated carbocycles. The molecule has 0 aliphatic heterocycles. The van der Waals surface area contributed by atoms with Gasteiger partial charge in [-0.15, -0.1) is 0 Å². The minimum Gasteiger partial charge on any atom is -0.298 e. The second-order valence-electron chi connectivity index (χ2n) is 4.96. The molecule has 0 unspecified atom stereocenters. The Balaban J connectivity index is 2.33. The maximum Gasteiger partial charge on any atom is 0.416 e. The van der Waals surface area contributed by atoms with Gasteiger partial charge in [-0.05, 0) is 11.6 Å². The summed E-state index contributed by atoms with van der Waals surface area (Å²) in [7, 11) is 1.59. The van der Waals surface area contributed by atoms with Gasteiger partial charge >= 0.3 is 12.4 Å². The maximum absolute atomic E-state index is 13.2. The van der Waals surface area contributed by atoms with Crippen LogP contribution in [0.25, 0.3) is 0 Å². The van der Waals surface area contributed by atoms with Gasteiger partial charge in [-0.1, -0.05) is 18.2 Å². The summed E-state index contributed by atoms with van der Waals surface area (Å²) < 4.78 is 80.0. The van der Waals surface area contributed by atoms with E-state index >= 15 is 0 Å². The standard InChI is InChI=1S/C14H13F6N3/c1-23-8-9(7-22-23)6-21-12(14(18,19)20)10-4-2-3-5-11(10)13(15,16)17/h2-5,7-8,12,21H,6H2,1H3/t12-/m0/s1. The smallest absolute Gasteiger partial charge is 0.298 e. The van der Waals surface area contributed by atoms with Crippen molar-refractivity contribution in [3.8, 4) is 0 Å². The third-order valence-electron chi connectivity index (χ3n) is 3.17. The third-order valence-corrected chi connectivity index (χ3v) is 3.17. The van der Waals surface area contributed by atoms with Crippen LogP contribution in [0.3, 0.4) is 0 Å². The number of hydrogen-bond acceptors (Lipinski definition) is 2. The van der Waals surface area contributed by atoms with Crippen LogP contribution in [0.2, 0.25) is 0 Å². The van der Waals surface area contributed by atoms with Gasteiger partial charge in [0.2, 0.25) is 0 Å². The predicted octanol–water partition coefficient (Wildman–Crippen LogP) is 3.83. The topological polar surface area (TPSA) is 29.9 Å². The zero-order valence-electron chi connectivity index (χ0n) is 11.9. The summed E-state index contributed by atoms with van der Waals surface area (Å²) in [4.78, 5) is 0. The average molecular weight is 337 g/mol. The van der Waals surface area contributed by atoms with Gasteiger partial charge < -0.3 is 0 Å². The molecule has 1 aromatic carbocycles. The highest BCUT2D eigenvalue weighted by atomic mass is 19.4. The fraction of sp³-hybridized carbons (Fsp3) is 0.357. The Morgan fingerprint density at radius 1 is 1.13 bits per heavy atom. The van der Waals surface area contributed by atoms with Crippen molar-refractivity contribution < 1.29 is 26.3 Å². The highest BCUT2D eigenvalue weighted by Crippen LogP contribution is 2.40. The molecule has 0 amide bonds. The van der Waals surface area contributed by atoms with Crippen LogP contribution in [0.15, 0.2) is 36.7 Å². The van der Waals surface area contributed by atoms with Crippen molar-refractivity contribution in [2.75, 3.05) is 0 Å². The molecule has 0 saturated heterocycles. The molecule has 0 fully saturated rings.